The lowest BCUT2D eigenvalue weighted by molar-refractivity contribution is 0.301. The molecule has 3 aromatic rings. The summed E-state index contributed by atoms with van der Waals surface area (Å²) in [4.78, 5) is 2.27. The van der Waals surface area contributed by atoms with Gasteiger partial charge < -0.3 is 25.2 Å². The molecule has 3 N–H and O–H groups in total. The highest BCUT2D eigenvalue weighted by Crippen LogP contribution is 2.40. The van der Waals surface area contributed by atoms with Crippen molar-refractivity contribution in [1.29, 1.82) is 0 Å². The van der Waals surface area contributed by atoms with Gasteiger partial charge >= 0.3 is 0 Å². The molecular formula is C29H36N2O3. The van der Waals surface area contributed by atoms with Crippen molar-refractivity contribution >= 4 is 5.69 Å². The maximum Gasteiger partial charge on any atom is 0.120 e. The SMILES string of the molecule is CNCCc1ccc(CN(CCO)c2cc(OC)ccc2[C@@H]2CCc3cc(O)ccc3C2)cc1. The number of aliphatic hydroxyl groups excluding tert-OH is 1. The van der Waals surface area contributed by atoms with Gasteiger partial charge in [-0.3, -0.25) is 0 Å². The molecule has 1 aliphatic rings. The third-order valence-corrected chi connectivity index (χ3v) is 6.87. The van der Waals surface area contributed by atoms with Gasteiger partial charge in [0.1, 0.15) is 11.5 Å². The number of fused-ring (bicyclic) bond motifs is 1. The number of hydrogen-bond acceptors (Lipinski definition) is 5. The van der Waals surface area contributed by atoms with E-state index >= 15 is 0 Å². The number of methoxy groups -OCH3 is 1. The van der Waals surface area contributed by atoms with E-state index in [2.05, 4.69) is 52.7 Å². The Kier molecular flexibility index (Phi) is 8.09. The van der Waals surface area contributed by atoms with Crippen molar-refractivity contribution in [2.75, 3.05) is 38.8 Å². The fraction of sp³-hybridized carbons (Fsp3) is 0.379. The van der Waals surface area contributed by atoms with Gasteiger partial charge in [-0.25, -0.2) is 0 Å². The molecule has 1 atom stereocenters. The normalized spacial score (nSPS) is 15.1. The van der Waals surface area contributed by atoms with Crippen molar-refractivity contribution in [3.05, 3.63) is 88.5 Å². The molecule has 0 fully saturated rings. The minimum Gasteiger partial charge on any atom is -0.508 e. The van der Waals surface area contributed by atoms with E-state index in [-0.39, 0.29) is 6.61 Å². The number of likely N-dealkylation sites (N-methyl/N-ethyl adjacent to an activating group) is 1. The van der Waals surface area contributed by atoms with Crippen LogP contribution >= 0.6 is 0 Å². The van der Waals surface area contributed by atoms with Gasteiger partial charge in [-0.2, -0.15) is 0 Å². The van der Waals surface area contributed by atoms with E-state index in [0.29, 0.717) is 18.2 Å². The van der Waals surface area contributed by atoms with Crippen LogP contribution in [-0.4, -0.2) is 44.1 Å². The molecular weight excluding hydrogens is 424 g/mol. The highest BCUT2D eigenvalue weighted by Gasteiger charge is 2.25. The number of anilines is 1. The lowest BCUT2D eigenvalue weighted by atomic mass is 9.79. The van der Waals surface area contributed by atoms with E-state index in [9.17, 15) is 10.2 Å². The van der Waals surface area contributed by atoms with E-state index in [4.69, 9.17) is 4.74 Å². The molecule has 1 aliphatic carbocycles. The van der Waals surface area contributed by atoms with Gasteiger partial charge in [-0.15, -0.1) is 0 Å². The number of hydrogen-bond donors (Lipinski definition) is 3. The number of benzene rings is 3. The zero-order chi connectivity index (χ0) is 23.9. The van der Waals surface area contributed by atoms with Crippen LogP contribution in [0.2, 0.25) is 0 Å². The fourth-order valence-electron chi connectivity index (χ4n) is 4.98. The summed E-state index contributed by atoms with van der Waals surface area (Å²) >= 11 is 0. The Labute approximate surface area is 203 Å². The quantitative estimate of drug-likeness (QED) is 0.418. The summed E-state index contributed by atoms with van der Waals surface area (Å²) in [6.07, 6.45) is 3.94. The molecule has 5 nitrogen and oxygen atoms in total. The topological polar surface area (TPSA) is 65.0 Å². The monoisotopic (exact) mass is 460 g/mol. The number of rotatable bonds is 10. The molecule has 0 aliphatic heterocycles. The molecule has 0 unspecified atom stereocenters. The highest BCUT2D eigenvalue weighted by molar-refractivity contribution is 5.60. The highest BCUT2D eigenvalue weighted by atomic mass is 16.5. The molecule has 3 aromatic carbocycles. The van der Waals surface area contributed by atoms with Crippen LogP contribution in [0.5, 0.6) is 11.5 Å². The van der Waals surface area contributed by atoms with Crippen molar-refractivity contribution in [1.82, 2.24) is 5.32 Å². The Morgan fingerprint density at radius 1 is 1.00 bits per heavy atom. The minimum absolute atomic E-state index is 0.0870. The first-order chi connectivity index (χ1) is 16.6. The summed E-state index contributed by atoms with van der Waals surface area (Å²) < 4.78 is 5.58. The van der Waals surface area contributed by atoms with Crippen LogP contribution in [0.25, 0.3) is 0 Å². The van der Waals surface area contributed by atoms with Crippen LogP contribution in [0.1, 0.15) is 40.2 Å². The summed E-state index contributed by atoms with van der Waals surface area (Å²) in [5, 5.41) is 23.0. The Morgan fingerprint density at radius 2 is 1.79 bits per heavy atom. The molecule has 0 bridgehead atoms. The summed E-state index contributed by atoms with van der Waals surface area (Å²) in [7, 11) is 3.67. The molecule has 0 spiro atoms. The first-order valence-corrected chi connectivity index (χ1v) is 12.2. The average molecular weight is 461 g/mol. The summed E-state index contributed by atoms with van der Waals surface area (Å²) in [6, 6.07) is 20.9. The Bertz CT molecular complexity index is 1080. The third kappa shape index (κ3) is 5.72. The first-order valence-electron chi connectivity index (χ1n) is 12.2. The Hall–Kier alpha value is -3.02. The standard InChI is InChI=1S/C29H36N2O3/c1-30-14-13-21-3-5-22(6-4-21)20-31(15-16-32)29-19-27(34-2)11-12-28(29)25-8-7-24-18-26(33)10-9-23(24)17-25/h3-6,9-12,18-19,25,30,32-33H,7-8,13-17,20H2,1-2H3/t25-/m1/s1. The number of aromatic hydroxyl groups is 1. The molecule has 34 heavy (non-hydrogen) atoms. The molecule has 0 aromatic heterocycles. The second-order valence-corrected chi connectivity index (χ2v) is 9.13. The molecule has 0 amide bonds. The molecule has 0 radical (unpaired) electrons. The lowest BCUT2D eigenvalue weighted by Gasteiger charge is -2.32. The lowest BCUT2D eigenvalue weighted by Crippen LogP contribution is -2.28. The summed E-state index contributed by atoms with van der Waals surface area (Å²) in [6.45, 7) is 2.33. The largest absolute Gasteiger partial charge is 0.508 e. The van der Waals surface area contributed by atoms with Crippen LogP contribution in [0, 0.1) is 0 Å². The molecule has 4 rings (SSSR count). The minimum atomic E-state index is 0.0870. The van der Waals surface area contributed by atoms with Gasteiger partial charge in [0, 0.05) is 24.8 Å². The maximum absolute atomic E-state index is 9.90. The van der Waals surface area contributed by atoms with Crippen LogP contribution in [0.3, 0.4) is 0 Å². The molecule has 0 saturated heterocycles. The average Bonchev–Trinajstić information content (AvgIpc) is 2.87. The number of phenolic OH excluding ortho intramolecular Hbond substituents is 1. The van der Waals surface area contributed by atoms with Crippen LogP contribution in [0.4, 0.5) is 5.69 Å². The number of ether oxygens (including phenoxy) is 1. The Balaban J connectivity index is 1.62. The van der Waals surface area contributed by atoms with Gasteiger partial charge in [0.2, 0.25) is 0 Å². The van der Waals surface area contributed by atoms with Crippen molar-refractivity contribution in [2.24, 2.45) is 0 Å². The van der Waals surface area contributed by atoms with Crippen LogP contribution in [-0.2, 0) is 25.8 Å². The molecule has 5 heteroatoms. The Morgan fingerprint density at radius 3 is 2.53 bits per heavy atom. The van der Waals surface area contributed by atoms with Gasteiger partial charge in [-0.05, 0) is 91.2 Å². The summed E-state index contributed by atoms with van der Waals surface area (Å²) in [5.74, 6) is 1.54. The van der Waals surface area contributed by atoms with Crippen LogP contribution in [0.15, 0.2) is 60.7 Å². The predicted octanol–water partition coefficient (Wildman–Crippen LogP) is 4.43. The number of aryl methyl sites for hydroxylation is 1. The second-order valence-electron chi connectivity index (χ2n) is 9.13. The van der Waals surface area contributed by atoms with E-state index in [1.165, 1.54) is 27.8 Å². The fourth-order valence-corrected chi connectivity index (χ4v) is 4.98. The van der Waals surface area contributed by atoms with Crippen molar-refractivity contribution in [2.45, 2.75) is 38.1 Å². The predicted molar refractivity (Wildman–Crippen MR) is 138 cm³/mol. The number of nitrogens with zero attached hydrogens (tertiary/aromatic N) is 1. The zero-order valence-corrected chi connectivity index (χ0v) is 20.3. The van der Waals surface area contributed by atoms with E-state index in [1.54, 1.807) is 13.2 Å². The molecule has 0 saturated carbocycles. The third-order valence-electron chi connectivity index (χ3n) is 6.87. The number of aliphatic hydroxyl groups is 1. The van der Waals surface area contributed by atoms with E-state index < -0.39 is 0 Å². The van der Waals surface area contributed by atoms with Crippen LogP contribution < -0.4 is 15.0 Å². The number of phenols is 1. The smallest absolute Gasteiger partial charge is 0.120 e. The zero-order valence-electron chi connectivity index (χ0n) is 20.3. The molecule has 0 heterocycles. The van der Waals surface area contributed by atoms with Gasteiger partial charge in [-0.1, -0.05) is 36.4 Å². The maximum atomic E-state index is 9.90. The second kappa shape index (κ2) is 11.4. The first kappa shape index (κ1) is 24.1. The molecule has 180 valence electrons. The van der Waals surface area contributed by atoms with Gasteiger partial charge in [0.05, 0.1) is 13.7 Å². The summed E-state index contributed by atoms with van der Waals surface area (Å²) in [5.41, 5.74) is 7.51. The van der Waals surface area contributed by atoms with Crippen molar-refractivity contribution < 1.29 is 14.9 Å². The van der Waals surface area contributed by atoms with E-state index in [0.717, 1.165) is 50.2 Å². The van der Waals surface area contributed by atoms with Crippen molar-refractivity contribution in [3.8, 4) is 11.5 Å². The number of nitrogens with one attached hydrogen (secondary N) is 1. The van der Waals surface area contributed by atoms with Gasteiger partial charge in [0.25, 0.3) is 0 Å². The van der Waals surface area contributed by atoms with E-state index in [1.807, 2.05) is 19.2 Å². The van der Waals surface area contributed by atoms with Crippen molar-refractivity contribution in [3.63, 3.8) is 0 Å². The van der Waals surface area contributed by atoms with Gasteiger partial charge in [0.15, 0.2) is 0 Å².